The summed E-state index contributed by atoms with van der Waals surface area (Å²) in [5.41, 5.74) is 0. The van der Waals surface area contributed by atoms with Gasteiger partial charge in [0.2, 0.25) is 5.91 Å². The van der Waals surface area contributed by atoms with Crippen molar-refractivity contribution in [2.75, 3.05) is 26.2 Å². The number of piperidine rings is 1. The van der Waals surface area contributed by atoms with Crippen LogP contribution in [0.1, 0.15) is 44.9 Å². The summed E-state index contributed by atoms with van der Waals surface area (Å²) < 4.78 is 11.6. The fourth-order valence-corrected chi connectivity index (χ4v) is 4.56. The largest absolute Gasteiger partial charge is 0.486 e. The van der Waals surface area contributed by atoms with Gasteiger partial charge < -0.3 is 24.8 Å². The van der Waals surface area contributed by atoms with Crippen molar-refractivity contribution in [3.05, 3.63) is 24.3 Å². The Balaban J connectivity index is 1.19. The van der Waals surface area contributed by atoms with E-state index < -0.39 is 6.10 Å². The average Bonchev–Trinajstić information content (AvgIpc) is 2.77. The summed E-state index contributed by atoms with van der Waals surface area (Å²) in [5.74, 6) is 2.04. The highest BCUT2D eigenvalue weighted by molar-refractivity contribution is 5.79. The maximum atomic E-state index is 12.7. The Labute approximate surface area is 167 Å². The minimum atomic E-state index is -0.629. The van der Waals surface area contributed by atoms with Gasteiger partial charge in [-0.2, -0.15) is 0 Å². The van der Waals surface area contributed by atoms with Crippen molar-refractivity contribution >= 4 is 5.91 Å². The zero-order chi connectivity index (χ0) is 19.3. The zero-order valence-corrected chi connectivity index (χ0v) is 16.5. The summed E-state index contributed by atoms with van der Waals surface area (Å²) in [7, 11) is 0. The highest BCUT2D eigenvalue weighted by Gasteiger charge is 2.31. The number of amides is 1. The number of benzene rings is 1. The third kappa shape index (κ3) is 4.61. The van der Waals surface area contributed by atoms with E-state index in [1.54, 1.807) is 0 Å². The summed E-state index contributed by atoms with van der Waals surface area (Å²) in [6, 6.07) is 7.88. The number of carbonyl (C=O) groups is 1. The van der Waals surface area contributed by atoms with Crippen molar-refractivity contribution in [3.63, 3.8) is 0 Å². The Hall–Kier alpha value is -1.79. The first kappa shape index (κ1) is 19.5. The van der Waals surface area contributed by atoms with Crippen LogP contribution in [0, 0.1) is 5.92 Å². The Morgan fingerprint density at radius 3 is 2.57 bits per heavy atom. The number of nitrogens with one attached hydrogen (secondary N) is 1. The van der Waals surface area contributed by atoms with E-state index in [0.717, 1.165) is 44.5 Å². The van der Waals surface area contributed by atoms with E-state index >= 15 is 0 Å². The lowest BCUT2D eigenvalue weighted by Crippen LogP contribution is -2.50. The van der Waals surface area contributed by atoms with E-state index in [-0.39, 0.29) is 12.0 Å². The van der Waals surface area contributed by atoms with Crippen molar-refractivity contribution in [1.29, 1.82) is 0 Å². The maximum Gasteiger partial charge on any atom is 0.225 e. The molecule has 0 bridgehead atoms. The molecule has 154 valence electrons. The first-order valence-electron chi connectivity index (χ1n) is 10.8. The van der Waals surface area contributed by atoms with Crippen LogP contribution in [-0.4, -0.2) is 60.4 Å². The number of hydrogen-bond donors (Lipinski definition) is 2. The summed E-state index contributed by atoms with van der Waals surface area (Å²) in [6.45, 7) is 2.46. The molecule has 2 atom stereocenters. The number of nitrogens with zero attached hydrogens (tertiary/aromatic N) is 1. The smallest absolute Gasteiger partial charge is 0.225 e. The van der Waals surface area contributed by atoms with Gasteiger partial charge in [-0.1, -0.05) is 31.4 Å². The van der Waals surface area contributed by atoms with Gasteiger partial charge in [-0.25, -0.2) is 0 Å². The molecule has 28 heavy (non-hydrogen) atoms. The monoisotopic (exact) mass is 388 g/mol. The highest BCUT2D eigenvalue weighted by Crippen LogP contribution is 2.31. The molecule has 0 radical (unpaired) electrons. The van der Waals surface area contributed by atoms with Crippen LogP contribution in [0.5, 0.6) is 11.5 Å². The minimum Gasteiger partial charge on any atom is -0.486 e. The van der Waals surface area contributed by atoms with E-state index in [1.165, 1.54) is 19.3 Å². The molecule has 6 heteroatoms. The van der Waals surface area contributed by atoms with Gasteiger partial charge in [0.1, 0.15) is 12.7 Å². The Morgan fingerprint density at radius 1 is 1.11 bits per heavy atom. The van der Waals surface area contributed by atoms with Crippen LogP contribution in [0.3, 0.4) is 0 Å². The average molecular weight is 389 g/mol. The van der Waals surface area contributed by atoms with Crippen LogP contribution in [-0.2, 0) is 4.79 Å². The molecule has 3 aliphatic rings. The predicted octanol–water partition coefficient (Wildman–Crippen LogP) is 2.35. The second kappa shape index (κ2) is 9.14. The number of aliphatic hydroxyl groups excluding tert-OH is 1. The van der Waals surface area contributed by atoms with Crippen LogP contribution in [0.15, 0.2) is 24.3 Å². The fourth-order valence-electron chi connectivity index (χ4n) is 4.56. The zero-order valence-electron chi connectivity index (χ0n) is 16.5. The number of rotatable bonds is 5. The Morgan fingerprint density at radius 2 is 1.82 bits per heavy atom. The summed E-state index contributed by atoms with van der Waals surface area (Å²) in [6.07, 6.45) is 6.69. The molecule has 1 amide bonds. The molecule has 2 N–H and O–H groups in total. The molecule has 2 heterocycles. The van der Waals surface area contributed by atoms with Crippen molar-refractivity contribution < 1.29 is 19.4 Å². The van der Waals surface area contributed by atoms with Gasteiger partial charge in [0.15, 0.2) is 17.6 Å². The van der Waals surface area contributed by atoms with Crippen LogP contribution in [0.4, 0.5) is 0 Å². The van der Waals surface area contributed by atoms with E-state index in [1.807, 2.05) is 24.3 Å². The molecule has 2 unspecified atom stereocenters. The molecule has 6 nitrogen and oxygen atoms in total. The lowest BCUT2D eigenvalue weighted by molar-refractivity contribution is -0.137. The summed E-state index contributed by atoms with van der Waals surface area (Å²) >= 11 is 0. The topological polar surface area (TPSA) is 71.0 Å². The lowest BCUT2D eigenvalue weighted by Gasteiger charge is -2.36. The van der Waals surface area contributed by atoms with Gasteiger partial charge in [-0.05, 0) is 37.8 Å². The molecule has 1 saturated heterocycles. The molecule has 1 aromatic carbocycles. The molecule has 4 rings (SSSR count). The number of fused-ring (bicyclic) bond motifs is 1. The van der Waals surface area contributed by atoms with Crippen molar-refractivity contribution in [2.24, 2.45) is 5.92 Å². The highest BCUT2D eigenvalue weighted by atomic mass is 16.6. The molecule has 0 aromatic heterocycles. The SMILES string of the molecule is O=C(C1CCCCC1)N1CCC(NCC(O)C2COc3ccccc3O2)CC1. The van der Waals surface area contributed by atoms with Crippen LogP contribution >= 0.6 is 0 Å². The first-order valence-corrected chi connectivity index (χ1v) is 10.8. The standard InChI is InChI=1S/C22H32N2O4/c25-18(21-15-27-19-8-4-5-9-20(19)28-21)14-23-17-10-12-24(13-11-17)22(26)16-6-2-1-3-7-16/h4-5,8-9,16-18,21,23,25H,1-3,6-7,10-15H2. The normalized spacial score (nSPS) is 24.8. The van der Waals surface area contributed by atoms with E-state index in [2.05, 4.69) is 10.2 Å². The van der Waals surface area contributed by atoms with E-state index in [9.17, 15) is 9.90 Å². The number of para-hydroxylation sites is 2. The molecule has 0 spiro atoms. The maximum absolute atomic E-state index is 12.7. The van der Waals surface area contributed by atoms with E-state index in [0.29, 0.717) is 30.9 Å². The molecular formula is C22H32N2O4. The summed E-state index contributed by atoms with van der Waals surface area (Å²) in [4.78, 5) is 14.7. The van der Waals surface area contributed by atoms with Crippen LogP contribution in [0.25, 0.3) is 0 Å². The van der Waals surface area contributed by atoms with Crippen LogP contribution < -0.4 is 14.8 Å². The number of aliphatic hydroxyl groups is 1. The quantitative estimate of drug-likeness (QED) is 0.810. The Bertz CT molecular complexity index is 654. The minimum absolute atomic E-state index is 0.256. The summed E-state index contributed by atoms with van der Waals surface area (Å²) in [5, 5.41) is 14.0. The van der Waals surface area contributed by atoms with Gasteiger partial charge in [0.05, 0.1) is 0 Å². The molecule has 1 aliphatic carbocycles. The van der Waals surface area contributed by atoms with Crippen molar-refractivity contribution in [2.45, 2.75) is 63.2 Å². The Kier molecular flexibility index (Phi) is 6.37. The molecular weight excluding hydrogens is 356 g/mol. The van der Waals surface area contributed by atoms with Crippen molar-refractivity contribution in [1.82, 2.24) is 10.2 Å². The predicted molar refractivity (Wildman–Crippen MR) is 107 cm³/mol. The number of ether oxygens (including phenoxy) is 2. The second-order valence-electron chi connectivity index (χ2n) is 8.32. The number of carbonyl (C=O) groups excluding carboxylic acids is 1. The molecule has 1 aromatic rings. The molecule has 2 aliphatic heterocycles. The van der Waals surface area contributed by atoms with Gasteiger partial charge >= 0.3 is 0 Å². The third-order valence-corrected chi connectivity index (χ3v) is 6.34. The fraction of sp³-hybridized carbons (Fsp3) is 0.682. The van der Waals surface area contributed by atoms with Crippen molar-refractivity contribution in [3.8, 4) is 11.5 Å². The van der Waals surface area contributed by atoms with E-state index in [4.69, 9.17) is 9.47 Å². The molecule has 1 saturated carbocycles. The van der Waals surface area contributed by atoms with Gasteiger partial charge in [-0.3, -0.25) is 4.79 Å². The number of likely N-dealkylation sites (tertiary alicyclic amines) is 1. The second-order valence-corrected chi connectivity index (χ2v) is 8.32. The lowest BCUT2D eigenvalue weighted by atomic mass is 9.87. The first-order chi connectivity index (χ1) is 13.7. The van der Waals surface area contributed by atoms with Crippen LogP contribution in [0.2, 0.25) is 0 Å². The third-order valence-electron chi connectivity index (χ3n) is 6.34. The van der Waals surface area contributed by atoms with Gasteiger partial charge in [-0.15, -0.1) is 0 Å². The van der Waals surface area contributed by atoms with Gasteiger partial charge in [0, 0.05) is 31.6 Å². The van der Waals surface area contributed by atoms with Gasteiger partial charge in [0.25, 0.3) is 0 Å². The molecule has 2 fully saturated rings. The number of hydrogen-bond acceptors (Lipinski definition) is 5.